The van der Waals surface area contributed by atoms with Gasteiger partial charge in [-0.25, -0.2) is 0 Å². The normalized spacial score (nSPS) is 11.8. The molecule has 0 fully saturated rings. The first kappa shape index (κ1) is 17.5. The SMILES string of the molecule is CC(C)CN(CC(F)(F)F)C(=O)c1ccc(Br)cc1Br. The summed E-state index contributed by atoms with van der Waals surface area (Å²) in [5, 5.41) is 0. The van der Waals surface area contributed by atoms with Crippen LogP contribution in [0.4, 0.5) is 13.2 Å². The fraction of sp³-hybridized carbons (Fsp3) is 0.462. The van der Waals surface area contributed by atoms with E-state index in [-0.39, 0.29) is 18.0 Å². The first-order valence-corrected chi connectivity index (χ1v) is 7.50. The third kappa shape index (κ3) is 5.44. The molecule has 1 rings (SSSR count). The highest BCUT2D eigenvalue weighted by Gasteiger charge is 2.34. The third-order valence-corrected chi connectivity index (χ3v) is 3.55. The summed E-state index contributed by atoms with van der Waals surface area (Å²) in [7, 11) is 0. The van der Waals surface area contributed by atoms with Gasteiger partial charge < -0.3 is 4.90 Å². The lowest BCUT2D eigenvalue weighted by Gasteiger charge is -2.26. The quantitative estimate of drug-likeness (QED) is 0.685. The molecule has 0 atom stereocenters. The molecule has 0 aliphatic carbocycles. The molecule has 0 saturated heterocycles. The summed E-state index contributed by atoms with van der Waals surface area (Å²) in [5.41, 5.74) is 0.220. The van der Waals surface area contributed by atoms with Gasteiger partial charge in [0.15, 0.2) is 0 Å². The Morgan fingerprint density at radius 3 is 2.35 bits per heavy atom. The predicted octanol–water partition coefficient (Wildman–Crippen LogP) is 4.87. The second-order valence-electron chi connectivity index (χ2n) is 4.82. The average molecular weight is 417 g/mol. The van der Waals surface area contributed by atoms with Crippen LogP contribution in [0, 0.1) is 5.92 Å². The molecule has 0 aliphatic rings. The van der Waals surface area contributed by atoms with Gasteiger partial charge in [-0.1, -0.05) is 29.8 Å². The Kier molecular flexibility index (Phi) is 6.06. The Balaban J connectivity index is 3.03. The smallest absolute Gasteiger partial charge is 0.329 e. The number of amides is 1. The molecule has 0 aromatic heterocycles. The van der Waals surface area contributed by atoms with Gasteiger partial charge in [0.2, 0.25) is 0 Å². The molecule has 0 radical (unpaired) electrons. The molecule has 2 nitrogen and oxygen atoms in total. The van der Waals surface area contributed by atoms with Gasteiger partial charge in [-0.3, -0.25) is 4.79 Å². The number of alkyl halides is 3. The van der Waals surface area contributed by atoms with E-state index in [1.165, 1.54) is 6.07 Å². The van der Waals surface area contributed by atoms with E-state index in [2.05, 4.69) is 31.9 Å². The number of rotatable bonds is 4. The number of hydrogen-bond donors (Lipinski definition) is 0. The first-order valence-electron chi connectivity index (χ1n) is 5.91. The minimum atomic E-state index is -4.41. The molecule has 1 aromatic carbocycles. The zero-order valence-electron chi connectivity index (χ0n) is 11.0. The summed E-state index contributed by atoms with van der Waals surface area (Å²) >= 11 is 6.44. The summed E-state index contributed by atoms with van der Waals surface area (Å²) in [5.74, 6) is -0.675. The van der Waals surface area contributed by atoms with Gasteiger partial charge in [0, 0.05) is 15.5 Å². The Hall–Kier alpha value is -0.560. The lowest BCUT2D eigenvalue weighted by atomic mass is 10.1. The monoisotopic (exact) mass is 415 g/mol. The second-order valence-corrected chi connectivity index (χ2v) is 6.59. The number of hydrogen-bond acceptors (Lipinski definition) is 1. The maximum Gasteiger partial charge on any atom is 0.406 e. The van der Waals surface area contributed by atoms with Gasteiger partial charge in [0.1, 0.15) is 6.54 Å². The molecule has 1 aromatic rings. The standard InChI is InChI=1S/C13H14Br2F3NO/c1-8(2)6-19(7-13(16,17)18)12(20)10-4-3-9(14)5-11(10)15/h3-5,8H,6-7H2,1-2H3. The van der Waals surface area contributed by atoms with Crippen LogP contribution in [0.2, 0.25) is 0 Å². The molecule has 0 spiro atoms. The van der Waals surface area contributed by atoms with Crippen LogP contribution in [0.25, 0.3) is 0 Å². The minimum absolute atomic E-state index is 0.0458. The summed E-state index contributed by atoms with van der Waals surface area (Å²) in [6.07, 6.45) is -4.41. The fourth-order valence-corrected chi connectivity index (χ4v) is 2.93. The molecule has 0 unspecified atom stereocenters. The lowest BCUT2D eigenvalue weighted by molar-refractivity contribution is -0.141. The number of nitrogens with zero attached hydrogens (tertiary/aromatic N) is 1. The summed E-state index contributed by atoms with van der Waals surface area (Å²) in [6.45, 7) is 2.36. The maximum absolute atomic E-state index is 12.6. The van der Waals surface area contributed by atoms with Crippen molar-refractivity contribution in [3.8, 4) is 0 Å². The zero-order valence-corrected chi connectivity index (χ0v) is 14.1. The van der Waals surface area contributed by atoms with E-state index in [0.717, 1.165) is 9.37 Å². The lowest BCUT2D eigenvalue weighted by Crippen LogP contribution is -2.41. The van der Waals surface area contributed by atoms with E-state index in [1.54, 1.807) is 26.0 Å². The van der Waals surface area contributed by atoms with Crippen LogP contribution in [-0.2, 0) is 0 Å². The first-order chi connectivity index (χ1) is 9.10. The predicted molar refractivity (Wildman–Crippen MR) is 78.6 cm³/mol. The number of carbonyl (C=O) groups excluding carboxylic acids is 1. The molecule has 0 heterocycles. The van der Waals surface area contributed by atoms with Crippen molar-refractivity contribution in [2.45, 2.75) is 20.0 Å². The van der Waals surface area contributed by atoms with E-state index < -0.39 is 18.6 Å². The molecule has 0 aliphatic heterocycles. The van der Waals surface area contributed by atoms with Crippen LogP contribution in [0.3, 0.4) is 0 Å². The summed E-state index contributed by atoms with van der Waals surface area (Å²) in [4.78, 5) is 13.1. The van der Waals surface area contributed by atoms with Crippen molar-refractivity contribution >= 4 is 37.8 Å². The summed E-state index contributed by atoms with van der Waals surface area (Å²) < 4.78 is 39.0. The van der Waals surface area contributed by atoms with Crippen LogP contribution < -0.4 is 0 Å². The van der Waals surface area contributed by atoms with Gasteiger partial charge in [0.05, 0.1) is 5.56 Å². The molecule has 1 amide bonds. The average Bonchev–Trinajstić information content (AvgIpc) is 2.24. The third-order valence-electron chi connectivity index (χ3n) is 2.40. The van der Waals surface area contributed by atoms with Crippen molar-refractivity contribution < 1.29 is 18.0 Å². The molecular weight excluding hydrogens is 403 g/mol. The van der Waals surface area contributed by atoms with E-state index in [4.69, 9.17) is 0 Å². The Bertz CT molecular complexity index is 489. The van der Waals surface area contributed by atoms with Gasteiger partial charge in [-0.15, -0.1) is 0 Å². The highest BCUT2D eigenvalue weighted by atomic mass is 79.9. The highest BCUT2D eigenvalue weighted by Crippen LogP contribution is 2.25. The highest BCUT2D eigenvalue weighted by molar-refractivity contribution is 9.11. The minimum Gasteiger partial charge on any atom is -0.329 e. The van der Waals surface area contributed by atoms with Crippen molar-refractivity contribution in [1.29, 1.82) is 0 Å². The van der Waals surface area contributed by atoms with Gasteiger partial charge in [-0.05, 0) is 40.0 Å². The van der Waals surface area contributed by atoms with Crippen LogP contribution in [0.1, 0.15) is 24.2 Å². The van der Waals surface area contributed by atoms with Crippen molar-refractivity contribution in [2.75, 3.05) is 13.1 Å². The van der Waals surface area contributed by atoms with Crippen LogP contribution >= 0.6 is 31.9 Å². The van der Waals surface area contributed by atoms with Gasteiger partial charge in [0.25, 0.3) is 5.91 Å². The molecule has 7 heteroatoms. The molecule has 20 heavy (non-hydrogen) atoms. The zero-order chi connectivity index (χ0) is 15.5. The summed E-state index contributed by atoms with van der Waals surface area (Å²) in [6, 6.07) is 4.76. The van der Waals surface area contributed by atoms with Crippen molar-refractivity contribution in [2.24, 2.45) is 5.92 Å². The molecule has 112 valence electrons. The van der Waals surface area contributed by atoms with Gasteiger partial charge in [-0.2, -0.15) is 13.2 Å². The Labute approximate surface area is 132 Å². The van der Waals surface area contributed by atoms with Crippen LogP contribution in [-0.4, -0.2) is 30.1 Å². The topological polar surface area (TPSA) is 20.3 Å². The van der Waals surface area contributed by atoms with Gasteiger partial charge >= 0.3 is 6.18 Å². The van der Waals surface area contributed by atoms with Crippen LogP contribution in [0.5, 0.6) is 0 Å². The van der Waals surface area contributed by atoms with Crippen LogP contribution in [0.15, 0.2) is 27.1 Å². The Morgan fingerprint density at radius 1 is 1.30 bits per heavy atom. The second kappa shape index (κ2) is 6.93. The molecule has 0 bridgehead atoms. The van der Waals surface area contributed by atoms with E-state index in [0.29, 0.717) is 4.47 Å². The number of carbonyl (C=O) groups is 1. The van der Waals surface area contributed by atoms with E-state index in [9.17, 15) is 18.0 Å². The Morgan fingerprint density at radius 2 is 1.90 bits per heavy atom. The molecule has 0 saturated carbocycles. The molecule has 0 N–H and O–H groups in total. The van der Waals surface area contributed by atoms with Crippen molar-refractivity contribution in [3.63, 3.8) is 0 Å². The largest absolute Gasteiger partial charge is 0.406 e. The van der Waals surface area contributed by atoms with E-state index in [1.807, 2.05) is 0 Å². The number of halogens is 5. The fourth-order valence-electron chi connectivity index (χ4n) is 1.71. The molecular formula is C13H14Br2F3NO. The van der Waals surface area contributed by atoms with E-state index >= 15 is 0 Å². The van der Waals surface area contributed by atoms with Crippen molar-refractivity contribution in [1.82, 2.24) is 4.90 Å². The maximum atomic E-state index is 12.6. The van der Waals surface area contributed by atoms with Crippen molar-refractivity contribution in [3.05, 3.63) is 32.7 Å². The number of benzene rings is 1.